The van der Waals surface area contributed by atoms with Gasteiger partial charge in [0.15, 0.2) is 0 Å². The van der Waals surface area contributed by atoms with E-state index in [2.05, 4.69) is 0 Å². The number of aryl methyl sites for hydroxylation is 1. The third-order valence-electron chi connectivity index (χ3n) is 5.34. The fraction of sp³-hybridized carbons (Fsp3) is 0.348. The van der Waals surface area contributed by atoms with Crippen LogP contribution in [0.2, 0.25) is 5.02 Å². The van der Waals surface area contributed by atoms with E-state index in [1.807, 2.05) is 31.2 Å². The van der Waals surface area contributed by atoms with Gasteiger partial charge in [0.25, 0.3) is 0 Å². The summed E-state index contributed by atoms with van der Waals surface area (Å²) in [6.45, 7) is 4.54. The normalized spacial score (nSPS) is 14.2. The lowest BCUT2D eigenvalue weighted by Crippen LogP contribution is -2.26. The predicted molar refractivity (Wildman–Crippen MR) is 116 cm³/mol. The lowest BCUT2D eigenvalue weighted by atomic mass is 10.1. The molecular weight excluding hydrogens is 423 g/mol. The van der Waals surface area contributed by atoms with E-state index in [0.717, 1.165) is 29.0 Å². The Morgan fingerprint density at radius 3 is 2.68 bits per heavy atom. The highest BCUT2D eigenvalue weighted by Crippen LogP contribution is 2.33. The minimum atomic E-state index is -0.721. The Balaban J connectivity index is 1.58. The number of aromatic nitrogens is 2. The SMILES string of the molecule is Cc1ccc(OCC(C)Oc2cc(-n3c(O)c4n(c3=O)CCCC4)c(F)cc2Cl)cc1. The second kappa shape index (κ2) is 8.67. The Kier molecular flexibility index (Phi) is 5.96. The first kappa shape index (κ1) is 21.3. The highest BCUT2D eigenvalue weighted by atomic mass is 35.5. The molecule has 0 fully saturated rings. The van der Waals surface area contributed by atoms with Gasteiger partial charge in [0, 0.05) is 12.6 Å². The zero-order chi connectivity index (χ0) is 22.1. The zero-order valence-electron chi connectivity index (χ0n) is 17.4. The Hall–Kier alpha value is -2.93. The molecule has 1 atom stereocenters. The summed E-state index contributed by atoms with van der Waals surface area (Å²) in [5, 5.41) is 10.7. The molecular formula is C23H24ClFN2O4. The molecule has 0 radical (unpaired) electrons. The summed E-state index contributed by atoms with van der Waals surface area (Å²) < 4.78 is 28.8. The number of nitrogens with zero attached hydrogens (tertiary/aromatic N) is 2. The maximum atomic E-state index is 14.7. The zero-order valence-corrected chi connectivity index (χ0v) is 18.2. The van der Waals surface area contributed by atoms with Gasteiger partial charge in [0.1, 0.15) is 30.0 Å². The molecule has 1 N–H and O–H groups in total. The minimum Gasteiger partial charge on any atom is -0.493 e. The van der Waals surface area contributed by atoms with Crippen molar-refractivity contribution in [1.29, 1.82) is 0 Å². The quantitative estimate of drug-likeness (QED) is 0.599. The number of hydrogen-bond donors (Lipinski definition) is 1. The molecule has 2 heterocycles. The molecule has 1 aromatic heterocycles. The largest absolute Gasteiger partial charge is 0.493 e. The highest BCUT2D eigenvalue weighted by molar-refractivity contribution is 6.32. The van der Waals surface area contributed by atoms with Crippen LogP contribution in [0.1, 0.15) is 31.0 Å². The fourth-order valence-corrected chi connectivity index (χ4v) is 3.91. The van der Waals surface area contributed by atoms with Crippen molar-refractivity contribution in [2.24, 2.45) is 0 Å². The van der Waals surface area contributed by atoms with Crippen molar-refractivity contribution in [2.45, 2.75) is 45.8 Å². The van der Waals surface area contributed by atoms with Gasteiger partial charge >= 0.3 is 5.69 Å². The maximum Gasteiger partial charge on any atom is 0.336 e. The van der Waals surface area contributed by atoms with Gasteiger partial charge in [-0.2, -0.15) is 0 Å². The third-order valence-corrected chi connectivity index (χ3v) is 5.63. The van der Waals surface area contributed by atoms with Gasteiger partial charge in [-0.3, -0.25) is 4.57 Å². The Bertz CT molecular complexity index is 1150. The Labute approximate surface area is 184 Å². The fourth-order valence-electron chi connectivity index (χ4n) is 3.71. The van der Waals surface area contributed by atoms with Crippen molar-refractivity contribution in [3.63, 3.8) is 0 Å². The van der Waals surface area contributed by atoms with Crippen molar-refractivity contribution in [3.05, 3.63) is 69.0 Å². The molecule has 3 aromatic rings. The molecule has 0 spiro atoms. The van der Waals surface area contributed by atoms with Gasteiger partial charge in [-0.15, -0.1) is 0 Å². The van der Waals surface area contributed by atoms with Crippen LogP contribution in [0.5, 0.6) is 17.4 Å². The van der Waals surface area contributed by atoms with Gasteiger partial charge in [-0.1, -0.05) is 29.3 Å². The van der Waals surface area contributed by atoms with Gasteiger partial charge in [0.2, 0.25) is 5.88 Å². The van der Waals surface area contributed by atoms with Crippen molar-refractivity contribution >= 4 is 11.6 Å². The van der Waals surface area contributed by atoms with Crippen LogP contribution in [0.25, 0.3) is 5.69 Å². The standard InChI is InChI=1S/C23H24ClFN2O4/c1-14-6-8-16(9-7-14)30-13-15(2)31-21-12-20(18(25)11-17(21)24)27-22(28)19-5-3-4-10-26(19)23(27)29/h6-9,11-12,15,28H,3-5,10,13H2,1-2H3. The smallest absolute Gasteiger partial charge is 0.336 e. The molecule has 0 saturated heterocycles. The van der Waals surface area contributed by atoms with Crippen LogP contribution in [0.15, 0.2) is 41.2 Å². The van der Waals surface area contributed by atoms with Gasteiger partial charge < -0.3 is 14.6 Å². The summed E-state index contributed by atoms with van der Waals surface area (Å²) in [5.74, 6) is -0.0507. The molecule has 2 aromatic carbocycles. The van der Waals surface area contributed by atoms with E-state index < -0.39 is 17.6 Å². The van der Waals surface area contributed by atoms with E-state index in [1.165, 1.54) is 10.6 Å². The van der Waals surface area contributed by atoms with E-state index in [-0.39, 0.29) is 28.9 Å². The first-order valence-electron chi connectivity index (χ1n) is 10.2. The van der Waals surface area contributed by atoms with E-state index >= 15 is 0 Å². The molecule has 0 aliphatic carbocycles. The van der Waals surface area contributed by atoms with Crippen molar-refractivity contribution < 1.29 is 19.0 Å². The van der Waals surface area contributed by atoms with Crippen molar-refractivity contribution in [1.82, 2.24) is 9.13 Å². The number of hydrogen-bond acceptors (Lipinski definition) is 4. The molecule has 8 heteroatoms. The second-order valence-electron chi connectivity index (χ2n) is 7.78. The maximum absolute atomic E-state index is 14.7. The van der Waals surface area contributed by atoms with Gasteiger partial charge in [0.05, 0.1) is 16.4 Å². The average molecular weight is 447 g/mol. The highest BCUT2D eigenvalue weighted by Gasteiger charge is 2.25. The Morgan fingerprint density at radius 1 is 1.23 bits per heavy atom. The third kappa shape index (κ3) is 4.28. The summed E-state index contributed by atoms with van der Waals surface area (Å²) >= 11 is 6.19. The molecule has 164 valence electrons. The molecule has 1 aliphatic heterocycles. The van der Waals surface area contributed by atoms with Crippen molar-refractivity contribution in [2.75, 3.05) is 6.61 Å². The summed E-state index contributed by atoms with van der Waals surface area (Å²) in [6, 6.07) is 10.1. The first-order valence-corrected chi connectivity index (χ1v) is 10.6. The number of rotatable bonds is 6. The molecule has 0 bridgehead atoms. The lowest BCUT2D eigenvalue weighted by molar-refractivity contribution is 0.143. The van der Waals surface area contributed by atoms with E-state index in [9.17, 15) is 14.3 Å². The molecule has 0 saturated carbocycles. The number of imidazole rings is 1. The van der Waals surface area contributed by atoms with Crippen LogP contribution in [0.4, 0.5) is 4.39 Å². The monoisotopic (exact) mass is 446 g/mol. The van der Waals surface area contributed by atoms with Crippen molar-refractivity contribution in [3.8, 4) is 23.1 Å². The number of halogens is 2. The number of aromatic hydroxyl groups is 1. The topological polar surface area (TPSA) is 65.6 Å². The van der Waals surface area contributed by atoms with Crippen LogP contribution in [0, 0.1) is 12.7 Å². The molecule has 0 amide bonds. The predicted octanol–water partition coefficient (Wildman–Crippen LogP) is 4.63. The molecule has 1 aliphatic rings. The number of benzene rings is 2. The summed E-state index contributed by atoms with van der Waals surface area (Å²) in [4.78, 5) is 12.8. The number of ether oxygens (including phenoxy) is 2. The summed E-state index contributed by atoms with van der Waals surface area (Å²) in [7, 11) is 0. The van der Waals surface area contributed by atoms with E-state index in [1.54, 1.807) is 6.92 Å². The van der Waals surface area contributed by atoms with E-state index in [0.29, 0.717) is 24.4 Å². The van der Waals surface area contributed by atoms with Crippen LogP contribution in [-0.4, -0.2) is 27.0 Å². The van der Waals surface area contributed by atoms with Crippen LogP contribution < -0.4 is 15.2 Å². The Morgan fingerprint density at radius 2 is 1.97 bits per heavy atom. The minimum absolute atomic E-state index is 0.0694. The van der Waals surface area contributed by atoms with Gasteiger partial charge in [-0.05, 0) is 51.3 Å². The van der Waals surface area contributed by atoms with Crippen LogP contribution in [0.3, 0.4) is 0 Å². The summed E-state index contributed by atoms with van der Waals surface area (Å²) in [6.07, 6.45) is 1.88. The first-order chi connectivity index (χ1) is 14.8. The lowest BCUT2D eigenvalue weighted by Gasteiger charge is -2.18. The molecule has 4 rings (SSSR count). The summed E-state index contributed by atoms with van der Waals surface area (Å²) in [5.41, 5.74) is 1.08. The molecule has 1 unspecified atom stereocenters. The van der Waals surface area contributed by atoms with E-state index in [4.69, 9.17) is 21.1 Å². The van der Waals surface area contributed by atoms with Gasteiger partial charge in [-0.25, -0.2) is 13.8 Å². The van der Waals surface area contributed by atoms with Crippen LogP contribution in [-0.2, 0) is 13.0 Å². The number of fused-ring (bicyclic) bond motifs is 1. The molecule has 31 heavy (non-hydrogen) atoms. The second-order valence-corrected chi connectivity index (χ2v) is 8.19. The average Bonchev–Trinajstić information content (AvgIpc) is 3.00. The molecule has 6 nitrogen and oxygen atoms in total. The van der Waals surface area contributed by atoms with Crippen LogP contribution >= 0.6 is 11.6 Å².